The van der Waals surface area contributed by atoms with Crippen LogP contribution in [0.15, 0.2) is 17.2 Å². The summed E-state index contributed by atoms with van der Waals surface area (Å²) in [6.07, 6.45) is 4.61. The molecule has 0 bridgehead atoms. The van der Waals surface area contributed by atoms with Crippen LogP contribution in [0.1, 0.15) is 12.8 Å². The van der Waals surface area contributed by atoms with Crippen LogP contribution in [0.3, 0.4) is 0 Å². The molecule has 17 heavy (non-hydrogen) atoms. The molecule has 0 saturated carbocycles. The maximum Gasteiger partial charge on any atom is 0.290 e. The van der Waals surface area contributed by atoms with Gasteiger partial charge in [-0.25, -0.2) is 4.98 Å². The van der Waals surface area contributed by atoms with Crippen LogP contribution in [0.4, 0.5) is 5.82 Å². The lowest BCUT2D eigenvalue weighted by molar-refractivity contribution is -0.125. The summed E-state index contributed by atoms with van der Waals surface area (Å²) in [7, 11) is 1.65. The molecular formula is C11H16N4O2. The van der Waals surface area contributed by atoms with E-state index in [1.54, 1.807) is 13.2 Å². The molecule has 1 aromatic rings. The van der Waals surface area contributed by atoms with Gasteiger partial charge < -0.3 is 15.2 Å². The maximum absolute atomic E-state index is 11.6. The largest absolute Gasteiger partial charge is 0.359 e. The van der Waals surface area contributed by atoms with E-state index < -0.39 is 0 Å². The molecule has 1 aromatic heterocycles. The third-order valence-corrected chi connectivity index (χ3v) is 3.10. The third-order valence-electron chi connectivity index (χ3n) is 3.10. The van der Waals surface area contributed by atoms with Crippen molar-refractivity contribution in [3.63, 3.8) is 0 Å². The molecule has 2 N–H and O–H groups in total. The number of H-pyrrole nitrogens is 1. The smallest absolute Gasteiger partial charge is 0.290 e. The summed E-state index contributed by atoms with van der Waals surface area (Å²) in [6.45, 7) is 1.39. The zero-order valence-electron chi connectivity index (χ0n) is 9.77. The molecule has 1 aliphatic rings. The van der Waals surface area contributed by atoms with Gasteiger partial charge >= 0.3 is 0 Å². The molecule has 92 valence electrons. The fourth-order valence-electron chi connectivity index (χ4n) is 2.13. The Balaban J connectivity index is 2.03. The number of carbonyl (C=O) groups is 1. The number of nitrogens with one attached hydrogen (secondary N) is 2. The van der Waals surface area contributed by atoms with Gasteiger partial charge in [0.1, 0.15) is 0 Å². The van der Waals surface area contributed by atoms with Crippen molar-refractivity contribution in [2.24, 2.45) is 5.92 Å². The van der Waals surface area contributed by atoms with Crippen molar-refractivity contribution in [1.82, 2.24) is 15.3 Å². The van der Waals surface area contributed by atoms with E-state index in [1.807, 2.05) is 4.90 Å². The molecule has 6 nitrogen and oxygen atoms in total. The first-order chi connectivity index (χ1) is 8.22. The number of nitrogens with zero attached hydrogens (tertiary/aromatic N) is 2. The first-order valence-corrected chi connectivity index (χ1v) is 5.72. The Morgan fingerprint density at radius 1 is 1.53 bits per heavy atom. The quantitative estimate of drug-likeness (QED) is 0.741. The number of hydrogen-bond acceptors (Lipinski definition) is 4. The summed E-state index contributed by atoms with van der Waals surface area (Å²) in [4.78, 5) is 31.6. The van der Waals surface area contributed by atoms with Crippen molar-refractivity contribution >= 4 is 11.7 Å². The van der Waals surface area contributed by atoms with Crippen LogP contribution in [0, 0.1) is 5.92 Å². The van der Waals surface area contributed by atoms with Crippen molar-refractivity contribution < 1.29 is 4.79 Å². The minimum Gasteiger partial charge on any atom is -0.359 e. The fourth-order valence-corrected chi connectivity index (χ4v) is 2.13. The van der Waals surface area contributed by atoms with E-state index in [4.69, 9.17) is 0 Å². The number of amides is 1. The summed E-state index contributed by atoms with van der Waals surface area (Å²) in [5.41, 5.74) is -0.175. The third kappa shape index (κ3) is 2.46. The van der Waals surface area contributed by atoms with Gasteiger partial charge in [-0.05, 0) is 12.8 Å². The molecule has 2 heterocycles. The Morgan fingerprint density at radius 3 is 2.82 bits per heavy atom. The van der Waals surface area contributed by atoms with Crippen molar-refractivity contribution in [2.45, 2.75) is 12.8 Å². The highest BCUT2D eigenvalue weighted by Gasteiger charge is 2.25. The van der Waals surface area contributed by atoms with Crippen molar-refractivity contribution in [1.29, 1.82) is 0 Å². The van der Waals surface area contributed by atoms with E-state index in [9.17, 15) is 9.59 Å². The number of carbonyl (C=O) groups excluding carboxylic acids is 1. The van der Waals surface area contributed by atoms with Crippen LogP contribution in [0.5, 0.6) is 0 Å². The lowest BCUT2D eigenvalue weighted by Crippen LogP contribution is -2.41. The van der Waals surface area contributed by atoms with Gasteiger partial charge in [0.15, 0.2) is 5.82 Å². The standard InChI is InChI=1S/C11H16N4O2/c1-12-10(16)8-2-6-15(7-3-8)9-11(17)14-5-4-13-9/h4-5,8H,2-3,6-7H2,1H3,(H,12,16)(H,14,17). The van der Waals surface area contributed by atoms with E-state index >= 15 is 0 Å². The fraction of sp³-hybridized carbons (Fsp3) is 0.545. The highest BCUT2D eigenvalue weighted by atomic mass is 16.1. The van der Waals surface area contributed by atoms with E-state index in [-0.39, 0.29) is 17.4 Å². The normalized spacial score (nSPS) is 16.9. The monoisotopic (exact) mass is 236 g/mol. The van der Waals surface area contributed by atoms with Crippen molar-refractivity contribution in [3.05, 3.63) is 22.7 Å². The van der Waals surface area contributed by atoms with Gasteiger partial charge in [0.05, 0.1) is 0 Å². The number of hydrogen-bond donors (Lipinski definition) is 2. The lowest BCUT2D eigenvalue weighted by Gasteiger charge is -2.31. The number of rotatable bonds is 2. The van der Waals surface area contributed by atoms with Gasteiger partial charge in [0, 0.05) is 38.4 Å². The Bertz CT molecular complexity index is 449. The van der Waals surface area contributed by atoms with E-state index in [1.165, 1.54) is 6.20 Å². The van der Waals surface area contributed by atoms with Gasteiger partial charge in [-0.2, -0.15) is 0 Å². The molecule has 0 aliphatic carbocycles. The Kier molecular flexibility index (Phi) is 3.41. The van der Waals surface area contributed by atoms with Gasteiger partial charge in [-0.1, -0.05) is 0 Å². The van der Waals surface area contributed by atoms with Gasteiger partial charge in [-0.15, -0.1) is 0 Å². The van der Waals surface area contributed by atoms with Crippen LogP contribution in [-0.2, 0) is 4.79 Å². The maximum atomic E-state index is 11.6. The molecule has 1 aliphatic heterocycles. The van der Waals surface area contributed by atoms with Crippen molar-refractivity contribution in [3.8, 4) is 0 Å². The molecule has 1 amide bonds. The summed E-state index contributed by atoms with van der Waals surface area (Å²) in [6, 6.07) is 0. The van der Waals surface area contributed by atoms with E-state index in [2.05, 4.69) is 15.3 Å². The average molecular weight is 236 g/mol. The second kappa shape index (κ2) is 4.99. The van der Waals surface area contributed by atoms with Crippen LogP contribution in [0.2, 0.25) is 0 Å². The number of aromatic amines is 1. The molecule has 0 unspecified atom stereocenters. The second-order valence-electron chi connectivity index (χ2n) is 4.12. The number of anilines is 1. The number of aromatic nitrogens is 2. The predicted molar refractivity (Wildman–Crippen MR) is 63.9 cm³/mol. The average Bonchev–Trinajstić information content (AvgIpc) is 2.39. The van der Waals surface area contributed by atoms with Crippen LogP contribution < -0.4 is 15.8 Å². The summed E-state index contributed by atoms with van der Waals surface area (Å²) < 4.78 is 0. The van der Waals surface area contributed by atoms with E-state index in [0.29, 0.717) is 18.9 Å². The molecule has 2 rings (SSSR count). The van der Waals surface area contributed by atoms with Crippen LogP contribution in [-0.4, -0.2) is 36.0 Å². The molecule has 0 aromatic carbocycles. The van der Waals surface area contributed by atoms with Crippen molar-refractivity contribution in [2.75, 3.05) is 25.0 Å². The minimum atomic E-state index is -0.175. The highest BCUT2D eigenvalue weighted by molar-refractivity contribution is 5.78. The molecule has 1 fully saturated rings. The number of piperidine rings is 1. The molecular weight excluding hydrogens is 220 g/mol. The zero-order valence-corrected chi connectivity index (χ0v) is 9.77. The zero-order chi connectivity index (χ0) is 12.3. The Labute approximate surface area is 99.1 Å². The summed E-state index contributed by atoms with van der Waals surface area (Å²) in [5, 5.41) is 2.66. The molecule has 0 spiro atoms. The van der Waals surface area contributed by atoms with Gasteiger partial charge in [-0.3, -0.25) is 9.59 Å². The van der Waals surface area contributed by atoms with Gasteiger partial charge in [0.2, 0.25) is 5.91 Å². The predicted octanol–water partition coefficient (Wildman–Crippen LogP) is -0.268. The Morgan fingerprint density at radius 2 is 2.24 bits per heavy atom. The highest BCUT2D eigenvalue weighted by Crippen LogP contribution is 2.19. The van der Waals surface area contributed by atoms with Gasteiger partial charge in [0.25, 0.3) is 5.56 Å². The van der Waals surface area contributed by atoms with Crippen LogP contribution in [0.25, 0.3) is 0 Å². The molecule has 6 heteroatoms. The first-order valence-electron chi connectivity index (χ1n) is 5.72. The molecule has 1 saturated heterocycles. The summed E-state index contributed by atoms with van der Waals surface area (Å²) >= 11 is 0. The first kappa shape index (κ1) is 11.6. The lowest BCUT2D eigenvalue weighted by atomic mass is 9.96. The molecule has 0 radical (unpaired) electrons. The van der Waals surface area contributed by atoms with E-state index in [0.717, 1.165) is 12.8 Å². The minimum absolute atomic E-state index is 0.0547. The second-order valence-corrected chi connectivity index (χ2v) is 4.12. The molecule has 0 atom stereocenters. The van der Waals surface area contributed by atoms with Crippen LogP contribution >= 0.6 is 0 Å². The Hall–Kier alpha value is -1.85. The topological polar surface area (TPSA) is 78.1 Å². The SMILES string of the molecule is CNC(=O)C1CCN(c2ncc[nH]c2=O)CC1. The summed E-state index contributed by atoms with van der Waals surface area (Å²) in [5.74, 6) is 0.585.